The minimum absolute atomic E-state index is 0.0328. The van der Waals surface area contributed by atoms with Crippen LogP contribution in [0.25, 0.3) is 0 Å². The second-order valence-electron chi connectivity index (χ2n) is 6.01. The van der Waals surface area contributed by atoms with Crippen LogP contribution in [0.15, 0.2) is 24.3 Å². The predicted molar refractivity (Wildman–Crippen MR) is 101 cm³/mol. The highest BCUT2D eigenvalue weighted by Gasteiger charge is 2.23. The van der Waals surface area contributed by atoms with Gasteiger partial charge in [0.25, 0.3) is 0 Å². The second-order valence-corrected chi connectivity index (χ2v) is 6.79. The largest absolute Gasteiger partial charge is 0.492 e. The topological polar surface area (TPSA) is 67.9 Å². The van der Waals surface area contributed by atoms with Crippen LogP contribution in [-0.4, -0.2) is 55.1 Å². The zero-order valence-corrected chi connectivity index (χ0v) is 16.1. The maximum absolute atomic E-state index is 12.3. The van der Waals surface area contributed by atoms with E-state index in [-0.39, 0.29) is 24.4 Å². The Bertz CT molecular complexity index is 592. The van der Waals surface area contributed by atoms with E-state index in [0.717, 1.165) is 12.8 Å². The van der Waals surface area contributed by atoms with Crippen LogP contribution in [0.1, 0.15) is 25.7 Å². The van der Waals surface area contributed by atoms with Crippen LogP contribution in [0.4, 0.5) is 4.79 Å². The molecule has 1 aliphatic rings. The number of para-hydroxylation sites is 1. The average Bonchev–Trinajstić information content (AvgIpc) is 2.65. The number of alkyl halides is 1. The molecule has 0 aromatic heterocycles. The van der Waals surface area contributed by atoms with Gasteiger partial charge in [-0.15, -0.1) is 11.6 Å². The summed E-state index contributed by atoms with van der Waals surface area (Å²) in [6, 6.07) is 7.31. The first-order chi connectivity index (χ1) is 12.6. The number of piperidine rings is 1. The molecule has 1 aromatic carbocycles. The van der Waals surface area contributed by atoms with Crippen molar-refractivity contribution < 1.29 is 19.1 Å². The number of carbonyl (C=O) groups is 2. The molecule has 1 fully saturated rings. The van der Waals surface area contributed by atoms with E-state index in [2.05, 4.69) is 5.32 Å². The summed E-state index contributed by atoms with van der Waals surface area (Å²) >= 11 is 11.5. The number of rotatable bonds is 8. The van der Waals surface area contributed by atoms with Gasteiger partial charge in [-0.25, -0.2) is 4.79 Å². The fourth-order valence-electron chi connectivity index (χ4n) is 2.74. The standard InChI is InChI=1S/C18H24Cl2N2O4/c19-9-13-26-18(24)21-14-7-10-22(11-8-14)17(23)6-3-12-25-16-5-2-1-4-15(16)20/h1-2,4-5,14H,3,6-13H2,(H,21,24). The van der Waals surface area contributed by atoms with Gasteiger partial charge in [-0.05, 0) is 31.4 Å². The molecule has 1 heterocycles. The Morgan fingerprint density at radius 3 is 2.62 bits per heavy atom. The van der Waals surface area contributed by atoms with Gasteiger partial charge in [0.2, 0.25) is 5.91 Å². The number of carbonyl (C=O) groups excluding carboxylic acids is 2. The molecule has 1 aromatic rings. The molecule has 1 N–H and O–H groups in total. The van der Waals surface area contributed by atoms with Gasteiger partial charge < -0.3 is 19.7 Å². The summed E-state index contributed by atoms with van der Waals surface area (Å²) in [6.45, 7) is 1.90. The van der Waals surface area contributed by atoms with Crippen molar-refractivity contribution in [3.63, 3.8) is 0 Å². The van der Waals surface area contributed by atoms with Crippen molar-refractivity contribution in [3.8, 4) is 5.75 Å². The summed E-state index contributed by atoms with van der Waals surface area (Å²) < 4.78 is 10.5. The SMILES string of the molecule is O=C(NC1CCN(C(=O)CCCOc2ccccc2Cl)CC1)OCCCl. The van der Waals surface area contributed by atoms with Gasteiger partial charge in [0.15, 0.2) is 0 Å². The van der Waals surface area contributed by atoms with Crippen molar-refractivity contribution in [2.75, 3.05) is 32.2 Å². The molecular formula is C18H24Cl2N2O4. The van der Waals surface area contributed by atoms with E-state index in [1.807, 2.05) is 17.0 Å². The third kappa shape index (κ3) is 6.92. The molecule has 2 rings (SSSR count). The summed E-state index contributed by atoms with van der Waals surface area (Å²) in [5, 5.41) is 3.37. The zero-order valence-electron chi connectivity index (χ0n) is 14.6. The summed E-state index contributed by atoms with van der Waals surface area (Å²) in [5.74, 6) is 1.02. The van der Waals surface area contributed by atoms with Crippen LogP contribution < -0.4 is 10.1 Å². The number of halogens is 2. The van der Waals surface area contributed by atoms with Gasteiger partial charge >= 0.3 is 6.09 Å². The number of nitrogens with one attached hydrogen (secondary N) is 1. The number of hydrogen-bond donors (Lipinski definition) is 1. The van der Waals surface area contributed by atoms with E-state index in [0.29, 0.717) is 43.3 Å². The Labute approximate surface area is 163 Å². The van der Waals surface area contributed by atoms with Crippen molar-refractivity contribution >= 4 is 35.2 Å². The van der Waals surface area contributed by atoms with Crippen LogP contribution in [0.5, 0.6) is 5.75 Å². The first-order valence-corrected chi connectivity index (χ1v) is 9.65. The van der Waals surface area contributed by atoms with Crippen molar-refractivity contribution in [1.29, 1.82) is 0 Å². The normalized spacial score (nSPS) is 14.8. The number of nitrogens with zero attached hydrogens (tertiary/aromatic N) is 1. The van der Waals surface area contributed by atoms with E-state index in [4.69, 9.17) is 32.7 Å². The van der Waals surface area contributed by atoms with Crippen molar-refractivity contribution in [2.45, 2.75) is 31.7 Å². The van der Waals surface area contributed by atoms with Gasteiger partial charge in [0, 0.05) is 25.6 Å². The van der Waals surface area contributed by atoms with Gasteiger partial charge in [0.1, 0.15) is 12.4 Å². The van der Waals surface area contributed by atoms with Crippen molar-refractivity contribution in [2.24, 2.45) is 0 Å². The molecule has 6 nitrogen and oxygen atoms in total. The molecule has 144 valence electrons. The molecule has 0 bridgehead atoms. The Hall–Kier alpha value is -1.66. The van der Waals surface area contributed by atoms with Gasteiger partial charge in [-0.1, -0.05) is 23.7 Å². The maximum Gasteiger partial charge on any atom is 0.407 e. The van der Waals surface area contributed by atoms with Gasteiger partial charge in [-0.2, -0.15) is 0 Å². The highest BCUT2D eigenvalue weighted by Crippen LogP contribution is 2.23. The lowest BCUT2D eigenvalue weighted by Crippen LogP contribution is -2.46. The number of likely N-dealkylation sites (tertiary alicyclic amines) is 1. The number of ether oxygens (including phenoxy) is 2. The molecule has 26 heavy (non-hydrogen) atoms. The van der Waals surface area contributed by atoms with Crippen LogP contribution >= 0.6 is 23.2 Å². The Morgan fingerprint density at radius 1 is 1.19 bits per heavy atom. The van der Waals surface area contributed by atoms with Crippen LogP contribution in [0.2, 0.25) is 5.02 Å². The van der Waals surface area contributed by atoms with E-state index in [1.165, 1.54) is 0 Å². The molecule has 1 saturated heterocycles. The fourth-order valence-corrected chi connectivity index (χ4v) is 3.01. The number of amides is 2. The van der Waals surface area contributed by atoms with Gasteiger partial charge in [0.05, 0.1) is 17.5 Å². The molecule has 1 aliphatic heterocycles. The van der Waals surface area contributed by atoms with Crippen LogP contribution in [0.3, 0.4) is 0 Å². The summed E-state index contributed by atoms with van der Waals surface area (Å²) in [4.78, 5) is 25.6. The molecule has 8 heteroatoms. The molecule has 0 atom stereocenters. The molecule has 0 aliphatic carbocycles. The van der Waals surface area contributed by atoms with Gasteiger partial charge in [-0.3, -0.25) is 4.79 Å². The number of hydrogen-bond acceptors (Lipinski definition) is 4. The van der Waals surface area contributed by atoms with E-state index in [1.54, 1.807) is 12.1 Å². The maximum atomic E-state index is 12.3. The Balaban J connectivity index is 1.61. The average molecular weight is 403 g/mol. The Morgan fingerprint density at radius 2 is 1.92 bits per heavy atom. The monoisotopic (exact) mass is 402 g/mol. The van der Waals surface area contributed by atoms with Crippen molar-refractivity contribution in [3.05, 3.63) is 29.3 Å². The van der Waals surface area contributed by atoms with Crippen molar-refractivity contribution in [1.82, 2.24) is 10.2 Å². The molecule has 0 radical (unpaired) electrons. The summed E-state index contributed by atoms with van der Waals surface area (Å²) in [6.07, 6.45) is 2.05. The first kappa shape index (κ1) is 20.6. The Kier molecular flexibility index (Phi) is 8.85. The molecule has 0 saturated carbocycles. The van der Waals surface area contributed by atoms with E-state index in [9.17, 15) is 9.59 Å². The third-order valence-corrected chi connectivity index (χ3v) is 4.58. The number of benzene rings is 1. The quantitative estimate of drug-likeness (QED) is 0.533. The fraction of sp³-hybridized carbons (Fsp3) is 0.556. The molecule has 2 amide bonds. The zero-order chi connectivity index (χ0) is 18.8. The van der Waals surface area contributed by atoms with Crippen LogP contribution in [0, 0.1) is 0 Å². The lowest BCUT2D eigenvalue weighted by atomic mass is 10.0. The smallest absolute Gasteiger partial charge is 0.407 e. The third-order valence-electron chi connectivity index (χ3n) is 4.11. The predicted octanol–water partition coefficient (Wildman–Crippen LogP) is 3.46. The first-order valence-electron chi connectivity index (χ1n) is 8.74. The lowest BCUT2D eigenvalue weighted by Gasteiger charge is -2.32. The minimum Gasteiger partial charge on any atom is -0.492 e. The highest BCUT2D eigenvalue weighted by atomic mass is 35.5. The summed E-state index contributed by atoms with van der Waals surface area (Å²) in [7, 11) is 0. The number of alkyl carbamates (subject to hydrolysis) is 1. The second kappa shape index (κ2) is 11.1. The summed E-state index contributed by atoms with van der Waals surface area (Å²) in [5.41, 5.74) is 0. The molecule has 0 spiro atoms. The molecule has 0 unspecified atom stereocenters. The minimum atomic E-state index is -0.452. The highest BCUT2D eigenvalue weighted by molar-refractivity contribution is 6.32. The van der Waals surface area contributed by atoms with E-state index >= 15 is 0 Å². The molecular weight excluding hydrogens is 379 g/mol. The van der Waals surface area contributed by atoms with Crippen LogP contribution in [-0.2, 0) is 9.53 Å². The lowest BCUT2D eigenvalue weighted by molar-refractivity contribution is -0.132. The van der Waals surface area contributed by atoms with E-state index < -0.39 is 6.09 Å².